The molecule has 0 aromatic carbocycles. The summed E-state index contributed by atoms with van der Waals surface area (Å²) in [7, 11) is -1.56. The highest BCUT2D eigenvalue weighted by Gasteiger charge is 2.26. The molecule has 0 rings (SSSR count). The molecule has 4 nitrogen and oxygen atoms in total. The van der Waals surface area contributed by atoms with Crippen LogP contribution in [-0.2, 0) is 14.6 Å². The molecular weight excluding hydrogens is 216 g/mol. The minimum atomic E-state index is -3.17. The largest absolute Gasteiger partial charge is 0.392 e. The molecule has 0 aliphatic carbocycles. The van der Waals surface area contributed by atoms with E-state index in [1.807, 2.05) is 13.8 Å². The Hall–Kier alpha value is -0.130. The van der Waals surface area contributed by atoms with Gasteiger partial charge in [-0.05, 0) is 33.6 Å². The van der Waals surface area contributed by atoms with E-state index in [0.717, 1.165) is 6.26 Å². The fourth-order valence-corrected chi connectivity index (χ4v) is 1.82. The van der Waals surface area contributed by atoms with Crippen molar-refractivity contribution in [1.82, 2.24) is 0 Å². The predicted octanol–water partition coefficient (Wildman–Crippen LogP) is 0.986. The van der Waals surface area contributed by atoms with Crippen LogP contribution in [0.1, 0.15) is 33.6 Å². The van der Waals surface area contributed by atoms with Crippen molar-refractivity contribution in [3.63, 3.8) is 0 Å². The SMILES string of the molecule is COC(C)(C)CCC(O)C(C)S(C)(=O)=O. The van der Waals surface area contributed by atoms with Gasteiger partial charge in [0.2, 0.25) is 0 Å². The van der Waals surface area contributed by atoms with Gasteiger partial charge in [-0.3, -0.25) is 0 Å². The minimum absolute atomic E-state index is 0.321. The first-order valence-corrected chi connectivity index (χ1v) is 6.97. The Morgan fingerprint density at radius 3 is 2.20 bits per heavy atom. The van der Waals surface area contributed by atoms with Crippen molar-refractivity contribution in [3.8, 4) is 0 Å². The van der Waals surface area contributed by atoms with Crippen LogP contribution in [0.4, 0.5) is 0 Å². The van der Waals surface area contributed by atoms with E-state index in [9.17, 15) is 13.5 Å². The fraction of sp³-hybridized carbons (Fsp3) is 1.00. The van der Waals surface area contributed by atoms with Crippen molar-refractivity contribution >= 4 is 9.84 Å². The van der Waals surface area contributed by atoms with Crippen LogP contribution in [0.5, 0.6) is 0 Å². The second-order valence-electron chi connectivity index (χ2n) is 4.60. The molecule has 0 saturated carbocycles. The first kappa shape index (κ1) is 14.9. The molecule has 0 heterocycles. The Morgan fingerprint density at radius 2 is 1.87 bits per heavy atom. The molecule has 0 radical (unpaired) electrons. The Bertz CT molecular complexity index is 282. The second-order valence-corrected chi connectivity index (χ2v) is 7.01. The zero-order valence-corrected chi connectivity index (χ0v) is 11.0. The summed E-state index contributed by atoms with van der Waals surface area (Å²) >= 11 is 0. The van der Waals surface area contributed by atoms with Crippen molar-refractivity contribution in [2.45, 2.75) is 50.6 Å². The molecule has 0 amide bonds. The Kier molecular flexibility index (Phi) is 5.23. The van der Waals surface area contributed by atoms with E-state index < -0.39 is 21.2 Å². The predicted molar refractivity (Wildman–Crippen MR) is 60.6 cm³/mol. The van der Waals surface area contributed by atoms with E-state index in [-0.39, 0.29) is 5.60 Å². The van der Waals surface area contributed by atoms with Crippen LogP contribution >= 0.6 is 0 Å². The first-order valence-electron chi connectivity index (χ1n) is 5.02. The van der Waals surface area contributed by atoms with Gasteiger partial charge in [-0.2, -0.15) is 0 Å². The van der Waals surface area contributed by atoms with Crippen LogP contribution < -0.4 is 0 Å². The average molecular weight is 238 g/mol. The summed E-state index contributed by atoms with van der Waals surface area (Å²) < 4.78 is 27.5. The van der Waals surface area contributed by atoms with Gasteiger partial charge in [-0.25, -0.2) is 8.42 Å². The fourth-order valence-electron chi connectivity index (χ4n) is 1.12. The first-order chi connectivity index (χ1) is 6.60. The zero-order chi connectivity index (χ0) is 12.3. The summed E-state index contributed by atoms with van der Waals surface area (Å²) in [5, 5.41) is 8.96. The zero-order valence-electron chi connectivity index (χ0n) is 10.1. The van der Waals surface area contributed by atoms with Crippen LogP contribution in [-0.4, -0.2) is 43.8 Å². The topological polar surface area (TPSA) is 63.6 Å². The monoisotopic (exact) mass is 238 g/mol. The highest BCUT2D eigenvalue weighted by Crippen LogP contribution is 2.19. The van der Waals surface area contributed by atoms with Crippen LogP contribution in [0, 0.1) is 0 Å². The van der Waals surface area contributed by atoms with Gasteiger partial charge in [0.05, 0.1) is 17.0 Å². The quantitative estimate of drug-likeness (QED) is 0.749. The molecule has 2 atom stereocenters. The molecule has 0 aromatic rings. The molecule has 0 fully saturated rings. The number of hydrogen-bond acceptors (Lipinski definition) is 4. The maximum absolute atomic E-state index is 11.2. The van der Waals surface area contributed by atoms with E-state index in [0.29, 0.717) is 12.8 Å². The van der Waals surface area contributed by atoms with E-state index in [1.54, 1.807) is 7.11 Å². The summed E-state index contributed by atoms with van der Waals surface area (Å²) in [6, 6.07) is 0. The number of sulfone groups is 1. The smallest absolute Gasteiger partial charge is 0.152 e. The molecule has 0 saturated heterocycles. The summed E-state index contributed by atoms with van der Waals surface area (Å²) in [5.74, 6) is 0. The average Bonchev–Trinajstić information content (AvgIpc) is 2.11. The maximum Gasteiger partial charge on any atom is 0.152 e. The third-order valence-corrected chi connectivity index (χ3v) is 4.48. The normalized spacial score (nSPS) is 17.5. The van der Waals surface area contributed by atoms with E-state index in [4.69, 9.17) is 4.74 Å². The van der Waals surface area contributed by atoms with Crippen LogP contribution in [0.3, 0.4) is 0 Å². The highest BCUT2D eigenvalue weighted by molar-refractivity contribution is 7.91. The molecule has 0 aromatic heterocycles. The molecule has 5 heteroatoms. The standard InChI is InChI=1S/C10H22O4S/c1-8(15(5,12)13)9(11)6-7-10(2,3)14-4/h8-9,11H,6-7H2,1-5H3. The molecule has 15 heavy (non-hydrogen) atoms. The van der Waals surface area contributed by atoms with Crippen molar-refractivity contribution < 1.29 is 18.3 Å². The van der Waals surface area contributed by atoms with Crippen molar-refractivity contribution in [2.75, 3.05) is 13.4 Å². The van der Waals surface area contributed by atoms with Gasteiger partial charge < -0.3 is 9.84 Å². The van der Waals surface area contributed by atoms with Gasteiger partial charge in [0.25, 0.3) is 0 Å². The lowest BCUT2D eigenvalue weighted by molar-refractivity contribution is 0.00302. The van der Waals surface area contributed by atoms with Crippen molar-refractivity contribution in [2.24, 2.45) is 0 Å². The van der Waals surface area contributed by atoms with Crippen LogP contribution in [0.15, 0.2) is 0 Å². The molecule has 0 aliphatic heterocycles. The van der Waals surface area contributed by atoms with Gasteiger partial charge >= 0.3 is 0 Å². The van der Waals surface area contributed by atoms with E-state index in [1.165, 1.54) is 6.92 Å². The molecule has 1 N–H and O–H groups in total. The summed E-state index contributed by atoms with van der Waals surface area (Å²) in [6.45, 7) is 5.34. The lowest BCUT2D eigenvalue weighted by atomic mass is 9.99. The van der Waals surface area contributed by atoms with Gasteiger partial charge in [-0.1, -0.05) is 0 Å². The number of aliphatic hydroxyl groups excluding tert-OH is 1. The number of ether oxygens (including phenoxy) is 1. The molecular formula is C10H22O4S. The van der Waals surface area contributed by atoms with Crippen LogP contribution in [0.25, 0.3) is 0 Å². The van der Waals surface area contributed by atoms with Crippen molar-refractivity contribution in [3.05, 3.63) is 0 Å². The van der Waals surface area contributed by atoms with E-state index in [2.05, 4.69) is 0 Å². The highest BCUT2D eigenvalue weighted by atomic mass is 32.2. The number of aliphatic hydroxyl groups is 1. The van der Waals surface area contributed by atoms with Crippen LogP contribution in [0.2, 0.25) is 0 Å². The van der Waals surface area contributed by atoms with Gasteiger partial charge in [0, 0.05) is 13.4 Å². The third kappa shape index (κ3) is 5.49. The lowest BCUT2D eigenvalue weighted by Gasteiger charge is -2.25. The second kappa shape index (κ2) is 5.27. The number of rotatable bonds is 6. The van der Waals surface area contributed by atoms with Gasteiger partial charge in [-0.15, -0.1) is 0 Å². The van der Waals surface area contributed by atoms with Gasteiger partial charge in [0.1, 0.15) is 0 Å². The van der Waals surface area contributed by atoms with Crippen molar-refractivity contribution in [1.29, 1.82) is 0 Å². The van der Waals surface area contributed by atoms with Gasteiger partial charge in [0.15, 0.2) is 9.84 Å². The molecule has 0 aliphatic rings. The third-order valence-electron chi connectivity index (χ3n) is 2.81. The Labute approximate surface area is 92.6 Å². The molecule has 92 valence electrons. The lowest BCUT2D eigenvalue weighted by Crippen LogP contribution is -2.33. The minimum Gasteiger partial charge on any atom is -0.392 e. The molecule has 2 unspecified atom stereocenters. The maximum atomic E-state index is 11.2. The Balaban J connectivity index is 4.22. The molecule has 0 spiro atoms. The summed E-state index contributed by atoms with van der Waals surface area (Å²) in [4.78, 5) is 0. The summed E-state index contributed by atoms with van der Waals surface area (Å²) in [5.41, 5.74) is -0.321. The summed E-state index contributed by atoms with van der Waals surface area (Å²) in [6.07, 6.45) is 1.37. The Morgan fingerprint density at radius 1 is 1.40 bits per heavy atom. The van der Waals surface area contributed by atoms with E-state index >= 15 is 0 Å². The molecule has 0 bridgehead atoms. The number of methoxy groups -OCH3 is 1. The number of hydrogen-bond donors (Lipinski definition) is 1.